The highest BCUT2D eigenvalue weighted by atomic mass is 35.5. The molecule has 0 radical (unpaired) electrons. The molecule has 0 fully saturated rings. The summed E-state index contributed by atoms with van der Waals surface area (Å²) in [4.78, 5) is 21.5. The number of halogens is 3. The van der Waals surface area contributed by atoms with Gasteiger partial charge in [-0.05, 0) is 82.4 Å². The molecule has 3 aromatic rings. The Balaban J connectivity index is 0.00000408. The molecule has 2 aromatic carbocycles. The van der Waals surface area contributed by atoms with Gasteiger partial charge in [0.2, 0.25) is 5.91 Å². The summed E-state index contributed by atoms with van der Waals surface area (Å²) in [6.45, 7) is 3.21. The number of carbonyl (C=O) groups excluding carboxylic acids is 1. The Morgan fingerprint density at radius 3 is 2.44 bits per heavy atom. The molecule has 0 saturated heterocycles. The predicted octanol–water partition coefficient (Wildman–Crippen LogP) is 5.36. The third kappa shape index (κ3) is 7.36. The van der Waals surface area contributed by atoms with Crippen molar-refractivity contribution in [1.82, 2.24) is 9.88 Å². The molecule has 186 valence electrons. The monoisotopic (exact) mass is 547 g/mol. The first kappa shape index (κ1) is 28.5. The maximum Gasteiger partial charge on any atom is 0.228 e. The van der Waals surface area contributed by atoms with E-state index >= 15 is 0 Å². The zero-order valence-electron chi connectivity index (χ0n) is 19.3. The molecule has 0 unspecified atom stereocenters. The van der Waals surface area contributed by atoms with Crippen LogP contribution in [0, 0.1) is 12.7 Å². The number of sulfone groups is 1. The van der Waals surface area contributed by atoms with Gasteiger partial charge in [-0.25, -0.2) is 17.8 Å². The normalized spacial score (nSPS) is 11.6. The number of aryl methyl sites for hydroxylation is 1. The number of hydrogen-bond acceptors (Lipinski definition) is 6. The maximum atomic E-state index is 13.1. The zero-order chi connectivity index (χ0) is 24.2. The Morgan fingerprint density at radius 1 is 1.12 bits per heavy atom. The summed E-state index contributed by atoms with van der Waals surface area (Å²) in [5.74, 6) is -0.861. The summed E-state index contributed by atoms with van der Waals surface area (Å²) < 4.78 is 39.0. The van der Waals surface area contributed by atoms with Crippen LogP contribution < -0.4 is 4.90 Å². The fourth-order valence-corrected chi connectivity index (χ4v) is 6.21. The van der Waals surface area contributed by atoms with Crippen molar-refractivity contribution in [2.45, 2.75) is 31.1 Å². The molecule has 0 aliphatic carbocycles. The summed E-state index contributed by atoms with van der Waals surface area (Å²) in [5.41, 5.74) is 1.75. The van der Waals surface area contributed by atoms with Crippen LogP contribution in [0.25, 0.3) is 10.2 Å². The Labute approximate surface area is 215 Å². The van der Waals surface area contributed by atoms with E-state index in [9.17, 15) is 17.6 Å². The van der Waals surface area contributed by atoms with Crippen molar-refractivity contribution in [3.8, 4) is 0 Å². The Hall–Kier alpha value is -1.78. The van der Waals surface area contributed by atoms with Crippen LogP contribution in [0.1, 0.15) is 24.8 Å². The highest BCUT2D eigenvalue weighted by Crippen LogP contribution is 2.33. The standard InChI is InChI=1S/C23H27ClFN3O3S2.ClH/c1-16-14-17(24)15-20-22(16)26-23(32-20)28(12-5-11-27(2)3)21(29)6-4-13-33(30,31)19-9-7-18(25)8-10-19;/h7-10,14-15H,4-6,11-13H2,1-3H3;1H. The average Bonchev–Trinajstić information content (AvgIpc) is 3.15. The summed E-state index contributed by atoms with van der Waals surface area (Å²) in [6, 6.07) is 8.40. The van der Waals surface area contributed by atoms with E-state index in [0.717, 1.165) is 40.9 Å². The number of anilines is 1. The second-order valence-corrected chi connectivity index (χ2v) is 11.7. The molecule has 34 heavy (non-hydrogen) atoms. The van der Waals surface area contributed by atoms with Gasteiger partial charge in [-0.1, -0.05) is 22.9 Å². The van der Waals surface area contributed by atoms with E-state index < -0.39 is 15.7 Å². The first-order chi connectivity index (χ1) is 15.6. The third-order valence-electron chi connectivity index (χ3n) is 5.13. The van der Waals surface area contributed by atoms with Gasteiger partial charge in [0, 0.05) is 18.0 Å². The van der Waals surface area contributed by atoms with Crippen LogP contribution in [0.2, 0.25) is 5.02 Å². The van der Waals surface area contributed by atoms with E-state index in [-0.39, 0.29) is 41.8 Å². The molecule has 0 N–H and O–H groups in total. The van der Waals surface area contributed by atoms with Gasteiger partial charge in [0.1, 0.15) is 5.82 Å². The Kier molecular flexibility index (Phi) is 10.3. The lowest BCUT2D eigenvalue weighted by Crippen LogP contribution is -2.33. The fraction of sp³-hybridized carbons (Fsp3) is 0.391. The minimum Gasteiger partial charge on any atom is -0.309 e. The lowest BCUT2D eigenvalue weighted by molar-refractivity contribution is -0.118. The van der Waals surface area contributed by atoms with Crippen LogP contribution in [0.4, 0.5) is 9.52 Å². The topological polar surface area (TPSA) is 70.6 Å². The van der Waals surface area contributed by atoms with Gasteiger partial charge in [-0.15, -0.1) is 12.4 Å². The number of thiazole rings is 1. The number of aromatic nitrogens is 1. The van der Waals surface area contributed by atoms with Gasteiger partial charge in [-0.2, -0.15) is 0 Å². The van der Waals surface area contributed by atoms with Crippen molar-refractivity contribution in [3.05, 3.63) is 52.8 Å². The lowest BCUT2D eigenvalue weighted by Gasteiger charge is -2.21. The van der Waals surface area contributed by atoms with E-state index in [2.05, 4.69) is 4.98 Å². The van der Waals surface area contributed by atoms with Crippen molar-refractivity contribution in [3.63, 3.8) is 0 Å². The minimum atomic E-state index is -3.59. The van der Waals surface area contributed by atoms with Gasteiger partial charge >= 0.3 is 0 Å². The molecular weight excluding hydrogens is 520 g/mol. The molecule has 1 aromatic heterocycles. The number of fused-ring (bicyclic) bond motifs is 1. The van der Waals surface area contributed by atoms with Gasteiger partial charge in [0.25, 0.3) is 0 Å². The SMILES string of the molecule is Cc1cc(Cl)cc2sc(N(CCCN(C)C)C(=O)CCCS(=O)(=O)c3ccc(F)cc3)nc12.Cl. The Morgan fingerprint density at radius 2 is 1.79 bits per heavy atom. The molecule has 0 atom stereocenters. The van der Waals surface area contributed by atoms with E-state index in [0.29, 0.717) is 16.7 Å². The summed E-state index contributed by atoms with van der Waals surface area (Å²) in [5, 5.41) is 1.20. The Bertz CT molecular complexity index is 1230. The molecule has 0 bridgehead atoms. The number of amides is 1. The molecule has 0 aliphatic heterocycles. The first-order valence-electron chi connectivity index (χ1n) is 10.6. The minimum absolute atomic E-state index is 0. The molecular formula is C23H28Cl2FN3O3S2. The van der Waals surface area contributed by atoms with Crippen molar-refractivity contribution in [2.75, 3.05) is 37.8 Å². The smallest absolute Gasteiger partial charge is 0.228 e. The van der Waals surface area contributed by atoms with E-state index in [1.807, 2.05) is 38.1 Å². The molecule has 1 heterocycles. The van der Waals surface area contributed by atoms with Crippen LogP contribution in [0.15, 0.2) is 41.3 Å². The highest BCUT2D eigenvalue weighted by molar-refractivity contribution is 7.91. The second kappa shape index (κ2) is 12.3. The molecule has 6 nitrogen and oxygen atoms in total. The van der Waals surface area contributed by atoms with Crippen molar-refractivity contribution in [1.29, 1.82) is 0 Å². The lowest BCUT2D eigenvalue weighted by atomic mass is 10.2. The number of rotatable bonds is 10. The van der Waals surface area contributed by atoms with Crippen molar-refractivity contribution < 1.29 is 17.6 Å². The molecule has 3 rings (SSSR count). The van der Waals surface area contributed by atoms with Gasteiger partial charge < -0.3 is 4.90 Å². The van der Waals surface area contributed by atoms with Crippen molar-refractivity contribution in [2.24, 2.45) is 0 Å². The van der Waals surface area contributed by atoms with Crippen LogP contribution in [-0.2, 0) is 14.6 Å². The first-order valence-corrected chi connectivity index (χ1v) is 13.4. The van der Waals surface area contributed by atoms with Crippen LogP contribution in [0.5, 0.6) is 0 Å². The van der Waals surface area contributed by atoms with Gasteiger partial charge in [0.15, 0.2) is 15.0 Å². The van der Waals surface area contributed by atoms with E-state index in [4.69, 9.17) is 11.6 Å². The van der Waals surface area contributed by atoms with Crippen LogP contribution in [-0.4, -0.2) is 57.1 Å². The number of benzene rings is 2. The van der Waals surface area contributed by atoms with E-state index in [1.165, 1.54) is 23.5 Å². The quantitative estimate of drug-likeness (QED) is 0.319. The van der Waals surface area contributed by atoms with Crippen molar-refractivity contribution >= 4 is 66.4 Å². The van der Waals surface area contributed by atoms with E-state index in [1.54, 1.807) is 4.90 Å². The summed E-state index contributed by atoms with van der Waals surface area (Å²) in [6.07, 6.45) is 0.985. The summed E-state index contributed by atoms with van der Waals surface area (Å²) in [7, 11) is 0.342. The van der Waals surface area contributed by atoms with Gasteiger partial charge in [0.05, 0.1) is 20.9 Å². The predicted molar refractivity (Wildman–Crippen MR) is 140 cm³/mol. The average molecular weight is 549 g/mol. The summed E-state index contributed by atoms with van der Waals surface area (Å²) >= 11 is 7.58. The highest BCUT2D eigenvalue weighted by Gasteiger charge is 2.22. The molecule has 0 saturated carbocycles. The number of hydrogen-bond donors (Lipinski definition) is 0. The number of carbonyl (C=O) groups is 1. The van der Waals surface area contributed by atoms with Gasteiger partial charge in [-0.3, -0.25) is 9.69 Å². The fourth-order valence-electron chi connectivity index (χ4n) is 3.44. The second-order valence-electron chi connectivity index (χ2n) is 8.14. The molecule has 0 spiro atoms. The zero-order valence-corrected chi connectivity index (χ0v) is 22.5. The molecule has 11 heteroatoms. The van der Waals surface area contributed by atoms with Crippen LogP contribution >= 0.6 is 35.3 Å². The largest absolute Gasteiger partial charge is 0.309 e. The number of nitrogens with zero attached hydrogens (tertiary/aromatic N) is 3. The third-order valence-corrected chi connectivity index (χ3v) is 8.19. The maximum absolute atomic E-state index is 13.1. The molecule has 1 amide bonds. The van der Waals surface area contributed by atoms with Crippen LogP contribution in [0.3, 0.4) is 0 Å². The molecule has 0 aliphatic rings.